The summed E-state index contributed by atoms with van der Waals surface area (Å²) >= 11 is 0. The topological polar surface area (TPSA) is 38.3 Å². The standard InChI is InChI=1S/C32H19NO2/c1-3-7-21-15-29-27(13-19(21)5-1)25-11-9-23(17-31(25)34-29)33-24-10-12-26-28-14-20-6-2-4-8-22(20)16-30(28)35-32(26)18-24/h1-18,33H. The van der Waals surface area contributed by atoms with Gasteiger partial charge >= 0.3 is 0 Å². The molecule has 0 saturated carbocycles. The molecular formula is C32H19NO2. The number of nitrogens with one attached hydrogen (secondary N) is 1. The predicted molar refractivity (Wildman–Crippen MR) is 146 cm³/mol. The summed E-state index contributed by atoms with van der Waals surface area (Å²) in [5.41, 5.74) is 5.51. The van der Waals surface area contributed by atoms with Crippen LogP contribution in [0.1, 0.15) is 0 Å². The Kier molecular flexibility index (Phi) is 3.66. The fourth-order valence-corrected chi connectivity index (χ4v) is 5.25. The van der Waals surface area contributed by atoms with Crippen molar-refractivity contribution < 1.29 is 8.83 Å². The van der Waals surface area contributed by atoms with Gasteiger partial charge in [-0.25, -0.2) is 0 Å². The lowest BCUT2D eigenvalue weighted by atomic mass is 10.1. The first-order chi connectivity index (χ1) is 17.3. The highest BCUT2D eigenvalue weighted by atomic mass is 16.3. The van der Waals surface area contributed by atoms with Crippen LogP contribution < -0.4 is 5.32 Å². The van der Waals surface area contributed by atoms with E-state index in [-0.39, 0.29) is 0 Å². The second-order valence-corrected chi connectivity index (χ2v) is 9.14. The molecule has 1 N–H and O–H groups in total. The number of anilines is 2. The van der Waals surface area contributed by atoms with Crippen LogP contribution in [0.4, 0.5) is 11.4 Å². The van der Waals surface area contributed by atoms with Gasteiger partial charge in [-0.2, -0.15) is 0 Å². The van der Waals surface area contributed by atoms with Crippen LogP contribution in [0.15, 0.2) is 118 Å². The summed E-state index contributed by atoms with van der Waals surface area (Å²) < 4.78 is 12.5. The molecule has 0 unspecified atom stereocenters. The molecule has 0 aliphatic heterocycles. The molecule has 0 radical (unpaired) electrons. The van der Waals surface area contributed by atoms with Crippen molar-refractivity contribution in [1.82, 2.24) is 0 Å². The Hall–Kier alpha value is -4.76. The van der Waals surface area contributed by atoms with Gasteiger partial charge in [0.25, 0.3) is 0 Å². The van der Waals surface area contributed by atoms with Crippen molar-refractivity contribution in [1.29, 1.82) is 0 Å². The zero-order valence-electron chi connectivity index (χ0n) is 18.7. The molecule has 8 rings (SSSR count). The molecule has 0 atom stereocenters. The maximum Gasteiger partial charge on any atom is 0.137 e. The van der Waals surface area contributed by atoms with E-state index in [2.05, 4.69) is 115 Å². The molecule has 0 spiro atoms. The molecule has 3 nitrogen and oxygen atoms in total. The molecule has 0 aliphatic rings. The third-order valence-electron chi connectivity index (χ3n) is 6.97. The van der Waals surface area contributed by atoms with Crippen LogP contribution in [-0.2, 0) is 0 Å². The number of benzene rings is 6. The van der Waals surface area contributed by atoms with Crippen molar-refractivity contribution in [3.05, 3.63) is 109 Å². The minimum atomic E-state index is 0.872. The van der Waals surface area contributed by atoms with E-state index in [1.165, 1.54) is 21.5 Å². The lowest BCUT2D eigenvalue weighted by Crippen LogP contribution is -1.89. The normalized spacial score (nSPS) is 12.0. The van der Waals surface area contributed by atoms with Crippen LogP contribution in [0, 0.1) is 0 Å². The third kappa shape index (κ3) is 2.85. The lowest BCUT2D eigenvalue weighted by molar-refractivity contribution is 0.669. The van der Waals surface area contributed by atoms with Crippen molar-refractivity contribution in [2.75, 3.05) is 5.32 Å². The maximum atomic E-state index is 6.23. The Bertz CT molecular complexity index is 1940. The van der Waals surface area contributed by atoms with Crippen LogP contribution in [-0.4, -0.2) is 0 Å². The Balaban J connectivity index is 1.20. The molecule has 0 fully saturated rings. The van der Waals surface area contributed by atoms with Gasteiger partial charge in [-0.3, -0.25) is 0 Å². The molecule has 0 amide bonds. The summed E-state index contributed by atoms with van der Waals surface area (Å²) in [6, 6.07) is 38.0. The number of hydrogen-bond acceptors (Lipinski definition) is 3. The third-order valence-corrected chi connectivity index (χ3v) is 6.97. The average molecular weight is 450 g/mol. The largest absolute Gasteiger partial charge is 0.456 e. The van der Waals surface area contributed by atoms with E-state index in [1.807, 2.05) is 0 Å². The van der Waals surface area contributed by atoms with Gasteiger partial charge < -0.3 is 14.2 Å². The highest BCUT2D eigenvalue weighted by Crippen LogP contribution is 2.36. The van der Waals surface area contributed by atoms with Crippen LogP contribution in [0.2, 0.25) is 0 Å². The van der Waals surface area contributed by atoms with Gasteiger partial charge in [-0.15, -0.1) is 0 Å². The quantitative estimate of drug-likeness (QED) is 0.285. The van der Waals surface area contributed by atoms with E-state index in [4.69, 9.17) is 8.83 Å². The van der Waals surface area contributed by atoms with Gasteiger partial charge in [0.05, 0.1) is 0 Å². The number of hydrogen-bond donors (Lipinski definition) is 1. The summed E-state index contributed by atoms with van der Waals surface area (Å²) in [5.74, 6) is 0. The van der Waals surface area contributed by atoms with Crippen LogP contribution in [0.3, 0.4) is 0 Å². The lowest BCUT2D eigenvalue weighted by Gasteiger charge is -2.06. The summed E-state index contributed by atoms with van der Waals surface area (Å²) in [6.07, 6.45) is 0. The molecule has 6 aromatic carbocycles. The predicted octanol–water partition coefficient (Wildman–Crippen LogP) is 9.54. The fraction of sp³-hybridized carbons (Fsp3) is 0. The number of fused-ring (bicyclic) bond motifs is 8. The molecule has 2 heterocycles. The van der Waals surface area contributed by atoms with Gasteiger partial charge in [0.1, 0.15) is 22.3 Å². The highest BCUT2D eigenvalue weighted by molar-refractivity contribution is 6.12. The van der Waals surface area contributed by atoms with Gasteiger partial charge in [-0.05, 0) is 70.1 Å². The molecular weight excluding hydrogens is 430 g/mol. The molecule has 0 bridgehead atoms. The molecule has 2 aromatic heterocycles. The van der Waals surface area contributed by atoms with E-state index in [0.717, 1.165) is 55.3 Å². The molecule has 0 saturated heterocycles. The van der Waals surface area contributed by atoms with Crippen molar-refractivity contribution >= 4 is 76.8 Å². The zero-order chi connectivity index (χ0) is 22.9. The monoisotopic (exact) mass is 449 g/mol. The first-order valence-electron chi connectivity index (χ1n) is 11.8. The summed E-state index contributed by atoms with van der Waals surface area (Å²) in [5, 5.41) is 12.9. The van der Waals surface area contributed by atoms with Crippen molar-refractivity contribution in [2.45, 2.75) is 0 Å². The van der Waals surface area contributed by atoms with Crippen molar-refractivity contribution in [3.8, 4) is 0 Å². The second kappa shape index (κ2) is 6.87. The van der Waals surface area contributed by atoms with Gasteiger partial charge in [0, 0.05) is 45.1 Å². The first-order valence-corrected chi connectivity index (χ1v) is 11.8. The minimum Gasteiger partial charge on any atom is -0.456 e. The molecule has 164 valence electrons. The second-order valence-electron chi connectivity index (χ2n) is 9.14. The Labute approximate surface area is 200 Å². The SMILES string of the molecule is c1ccc2cc3c(cc2c1)oc1cc(Nc2ccc4c(c2)oc2cc5ccccc5cc24)ccc13. The molecule has 3 heteroatoms. The summed E-state index contributed by atoms with van der Waals surface area (Å²) in [6.45, 7) is 0. The number of rotatable bonds is 2. The van der Waals surface area contributed by atoms with Crippen LogP contribution in [0.25, 0.3) is 65.4 Å². The Morgan fingerprint density at radius 1 is 0.371 bits per heavy atom. The van der Waals surface area contributed by atoms with Crippen molar-refractivity contribution in [2.24, 2.45) is 0 Å². The van der Waals surface area contributed by atoms with E-state index in [1.54, 1.807) is 0 Å². The summed E-state index contributed by atoms with van der Waals surface area (Å²) in [7, 11) is 0. The Morgan fingerprint density at radius 2 is 0.771 bits per heavy atom. The average Bonchev–Trinajstić information content (AvgIpc) is 3.42. The van der Waals surface area contributed by atoms with Crippen LogP contribution >= 0.6 is 0 Å². The number of furan rings is 2. The Morgan fingerprint density at radius 3 is 1.23 bits per heavy atom. The van der Waals surface area contributed by atoms with Gasteiger partial charge in [-0.1, -0.05) is 48.5 Å². The summed E-state index contributed by atoms with van der Waals surface area (Å²) in [4.78, 5) is 0. The van der Waals surface area contributed by atoms with E-state index < -0.39 is 0 Å². The van der Waals surface area contributed by atoms with Gasteiger partial charge in [0.15, 0.2) is 0 Å². The van der Waals surface area contributed by atoms with E-state index >= 15 is 0 Å². The maximum absolute atomic E-state index is 6.23. The van der Waals surface area contributed by atoms with Crippen LogP contribution in [0.5, 0.6) is 0 Å². The van der Waals surface area contributed by atoms with E-state index in [9.17, 15) is 0 Å². The molecule has 8 aromatic rings. The van der Waals surface area contributed by atoms with Gasteiger partial charge in [0.2, 0.25) is 0 Å². The first kappa shape index (κ1) is 18.6. The zero-order valence-corrected chi connectivity index (χ0v) is 18.7. The van der Waals surface area contributed by atoms with Crippen molar-refractivity contribution in [3.63, 3.8) is 0 Å². The minimum absolute atomic E-state index is 0.872. The smallest absolute Gasteiger partial charge is 0.137 e. The van der Waals surface area contributed by atoms with E-state index in [0.29, 0.717) is 0 Å². The highest BCUT2D eigenvalue weighted by Gasteiger charge is 2.11. The molecule has 0 aliphatic carbocycles. The fourth-order valence-electron chi connectivity index (χ4n) is 5.25. The molecule has 35 heavy (non-hydrogen) atoms.